The smallest absolute Gasteiger partial charge is 0.444 e. The lowest BCUT2D eigenvalue weighted by Crippen LogP contribution is -2.41. The van der Waals surface area contributed by atoms with Gasteiger partial charge in [0.1, 0.15) is 11.4 Å². The van der Waals surface area contributed by atoms with Crippen molar-refractivity contribution in [2.24, 2.45) is 0 Å². The number of hydrogen-bond acceptors (Lipinski definition) is 5. The maximum atomic E-state index is 12.5. The molecule has 0 spiro atoms. The highest BCUT2D eigenvalue weighted by Gasteiger charge is 2.52. The van der Waals surface area contributed by atoms with E-state index in [1.165, 1.54) is 22.3 Å². The average Bonchev–Trinajstić information content (AvgIpc) is 3.63. The molecule has 2 aromatic carbocycles. The summed E-state index contributed by atoms with van der Waals surface area (Å²) in [6, 6.07) is 13.3. The van der Waals surface area contributed by atoms with Crippen molar-refractivity contribution in [1.82, 2.24) is 15.3 Å². The molecule has 1 amide bonds. The van der Waals surface area contributed by atoms with Gasteiger partial charge in [-0.15, -0.1) is 0 Å². The Labute approximate surface area is 250 Å². The van der Waals surface area contributed by atoms with Crippen molar-refractivity contribution in [2.75, 3.05) is 0 Å². The number of benzene rings is 2. The van der Waals surface area contributed by atoms with Crippen molar-refractivity contribution in [3.05, 3.63) is 59.5 Å². The van der Waals surface area contributed by atoms with Crippen LogP contribution in [0.3, 0.4) is 0 Å². The Kier molecular flexibility index (Phi) is 6.71. The maximum absolute atomic E-state index is 12.5. The first-order chi connectivity index (χ1) is 19.6. The van der Waals surface area contributed by atoms with Gasteiger partial charge in [-0.3, -0.25) is 0 Å². The maximum Gasteiger partial charge on any atom is 0.494 e. The zero-order valence-corrected chi connectivity index (χ0v) is 26.5. The molecule has 1 aromatic heterocycles. The summed E-state index contributed by atoms with van der Waals surface area (Å²) < 4.78 is 18.2. The third kappa shape index (κ3) is 4.96. The number of rotatable bonds is 4. The van der Waals surface area contributed by atoms with Crippen LogP contribution < -0.4 is 10.8 Å². The van der Waals surface area contributed by atoms with Gasteiger partial charge in [0.15, 0.2) is 0 Å². The second-order valence-corrected chi connectivity index (χ2v) is 14.8. The standard InChI is InChI=1S/C34H44BN3O4/c1-31(2,3)40-30(39)38-27-12-10-11-24(27)29-36-19-28(37-29)20-13-15-22-23-16-14-21(18-26(23)32(4,5)25(22)17-20)35-41-33(6,7)34(8,9)42-35/h13-19,24,27H,10-12H2,1-9H3,(H,36,37)(H,38,39). The molecular formula is C34H44BN3O4. The molecule has 2 aliphatic carbocycles. The number of fused-ring (bicyclic) bond motifs is 3. The lowest BCUT2D eigenvalue weighted by atomic mass is 9.74. The lowest BCUT2D eigenvalue weighted by Gasteiger charge is -2.32. The normalized spacial score (nSPS) is 23.5. The van der Waals surface area contributed by atoms with Gasteiger partial charge >= 0.3 is 13.2 Å². The van der Waals surface area contributed by atoms with Gasteiger partial charge in [0.2, 0.25) is 0 Å². The van der Waals surface area contributed by atoms with Crippen LogP contribution in [0.4, 0.5) is 4.79 Å². The van der Waals surface area contributed by atoms with Gasteiger partial charge in [-0.25, -0.2) is 9.78 Å². The number of nitrogens with zero attached hydrogens (tertiary/aromatic N) is 1. The summed E-state index contributed by atoms with van der Waals surface area (Å²) >= 11 is 0. The highest BCUT2D eigenvalue weighted by Crippen LogP contribution is 2.49. The lowest BCUT2D eigenvalue weighted by molar-refractivity contribution is 0.00578. The Morgan fingerprint density at radius 2 is 1.62 bits per heavy atom. The fourth-order valence-electron chi connectivity index (χ4n) is 6.64. The van der Waals surface area contributed by atoms with E-state index >= 15 is 0 Å². The van der Waals surface area contributed by atoms with E-state index in [4.69, 9.17) is 19.0 Å². The number of carbonyl (C=O) groups is 1. The van der Waals surface area contributed by atoms with E-state index in [0.717, 1.165) is 41.8 Å². The first kappa shape index (κ1) is 29.0. The summed E-state index contributed by atoms with van der Waals surface area (Å²) in [5.74, 6) is 1.05. The number of nitrogens with one attached hydrogen (secondary N) is 2. The van der Waals surface area contributed by atoms with E-state index in [-0.39, 0.29) is 41.8 Å². The van der Waals surface area contributed by atoms with E-state index in [2.05, 4.69) is 88.2 Å². The van der Waals surface area contributed by atoms with Crippen LogP contribution in [0.25, 0.3) is 22.4 Å². The first-order valence-electron chi connectivity index (χ1n) is 15.3. The number of ether oxygens (including phenoxy) is 1. The SMILES string of the molecule is CC(C)(C)OC(=O)NC1CCCC1c1ncc(-c2ccc3c(c2)C(C)(C)c2cc(B4OC(C)(C)C(C)(C)O4)ccc2-3)[nH]1. The number of amides is 1. The monoisotopic (exact) mass is 569 g/mol. The molecule has 2 heterocycles. The molecular weight excluding hydrogens is 525 g/mol. The molecule has 2 fully saturated rings. The third-order valence-corrected chi connectivity index (χ3v) is 9.70. The van der Waals surface area contributed by atoms with Crippen molar-refractivity contribution in [1.29, 1.82) is 0 Å². The largest absolute Gasteiger partial charge is 0.494 e. The Morgan fingerprint density at radius 1 is 0.976 bits per heavy atom. The van der Waals surface area contributed by atoms with E-state index in [0.29, 0.717) is 0 Å². The summed E-state index contributed by atoms with van der Waals surface area (Å²) in [5.41, 5.74) is 6.78. The summed E-state index contributed by atoms with van der Waals surface area (Å²) in [5, 5.41) is 3.08. The molecule has 2 N–H and O–H groups in total. The molecule has 1 aliphatic heterocycles. The number of H-pyrrole nitrogens is 1. The summed E-state index contributed by atoms with van der Waals surface area (Å²) in [6.07, 6.45) is 4.49. The highest BCUT2D eigenvalue weighted by atomic mass is 16.7. The van der Waals surface area contributed by atoms with Gasteiger partial charge in [-0.1, -0.05) is 50.6 Å². The van der Waals surface area contributed by atoms with Gasteiger partial charge in [0.05, 0.1) is 23.1 Å². The van der Waals surface area contributed by atoms with Crippen LogP contribution in [0, 0.1) is 0 Å². The number of aromatic amines is 1. The number of imidazole rings is 1. The topological polar surface area (TPSA) is 85.5 Å². The second-order valence-electron chi connectivity index (χ2n) is 14.8. The molecule has 3 aliphatic rings. The molecule has 6 rings (SSSR count). The van der Waals surface area contributed by atoms with Crippen LogP contribution in [0.15, 0.2) is 42.6 Å². The van der Waals surface area contributed by atoms with Crippen LogP contribution in [0.1, 0.15) is 104 Å². The van der Waals surface area contributed by atoms with Gasteiger partial charge in [-0.05, 0) is 101 Å². The van der Waals surface area contributed by atoms with Gasteiger partial charge in [0.25, 0.3) is 0 Å². The van der Waals surface area contributed by atoms with Crippen LogP contribution in [0.2, 0.25) is 0 Å². The Morgan fingerprint density at radius 3 is 2.29 bits per heavy atom. The van der Waals surface area contributed by atoms with E-state index in [1.54, 1.807) is 0 Å². The van der Waals surface area contributed by atoms with E-state index in [9.17, 15) is 4.79 Å². The van der Waals surface area contributed by atoms with Crippen LogP contribution in [-0.2, 0) is 19.5 Å². The summed E-state index contributed by atoms with van der Waals surface area (Å²) in [6.45, 7) is 18.6. The zero-order valence-electron chi connectivity index (χ0n) is 26.5. The van der Waals surface area contributed by atoms with Crippen LogP contribution >= 0.6 is 0 Å². The Balaban J connectivity index is 1.24. The minimum Gasteiger partial charge on any atom is -0.444 e. The minimum atomic E-state index is -0.523. The molecule has 1 saturated carbocycles. The molecule has 0 radical (unpaired) electrons. The minimum absolute atomic E-state index is 0.00507. The number of hydrogen-bond donors (Lipinski definition) is 2. The van der Waals surface area contributed by atoms with Crippen molar-refractivity contribution in [3.8, 4) is 22.4 Å². The average molecular weight is 570 g/mol. The van der Waals surface area contributed by atoms with Gasteiger partial charge < -0.3 is 24.3 Å². The molecule has 42 heavy (non-hydrogen) atoms. The van der Waals surface area contributed by atoms with Gasteiger partial charge in [0, 0.05) is 17.4 Å². The fraction of sp³-hybridized carbons (Fsp3) is 0.529. The summed E-state index contributed by atoms with van der Waals surface area (Å²) in [7, 11) is -0.386. The molecule has 2 atom stereocenters. The molecule has 1 saturated heterocycles. The molecule has 7 nitrogen and oxygen atoms in total. The number of aromatic nitrogens is 2. The second kappa shape index (κ2) is 9.71. The molecule has 0 bridgehead atoms. The predicted octanol–water partition coefficient (Wildman–Crippen LogP) is 6.84. The summed E-state index contributed by atoms with van der Waals surface area (Å²) in [4.78, 5) is 20.8. The van der Waals surface area contributed by atoms with Crippen LogP contribution in [0.5, 0.6) is 0 Å². The Hall–Kier alpha value is -3.10. The van der Waals surface area contributed by atoms with E-state index < -0.39 is 5.60 Å². The van der Waals surface area contributed by atoms with Gasteiger partial charge in [-0.2, -0.15) is 0 Å². The van der Waals surface area contributed by atoms with Crippen molar-refractivity contribution in [2.45, 2.75) is 116 Å². The molecule has 222 valence electrons. The fourth-order valence-corrected chi connectivity index (χ4v) is 6.64. The first-order valence-corrected chi connectivity index (χ1v) is 15.3. The zero-order chi connectivity index (χ0) is 30.2. The number of carbonyl (C=O) groups excluding carboxylic acids is 1. The van der Waals surface area contributed by atoms with Crippen molar-refractivity contribution in [3.63, 3.8) is 0 Å². The van der Waals surface area contributed by atoms with Crippen LogP contribution in [-0.4, -0.2) is 46.0 Å². The van der Waals surface area contributed by atoms with E-state index in [1.807, 2.05) is 27.0 Å². The molecule has 3 aromatic rings. The number of alkyl carbamates (subject to hydrolysis) is 1. The predicted molar refractivity (Wildman–Crippen MR) is 167 cm³/mol. The highest BCUT2D eigenvalue weighted by molar-refractivity contribution is 6.62. The quantitative estimate of drug-likeness (QED) is 0.336. The molecule has 2 unspecified atom stereocenters. The third-order valence-electron chi connectivity index (χ3n) is 9.70. The van der Waals surface area contributed by atoms with Crippen molar-refractivity contribution < 1.29 is 18.8 Å². The van der Waals surface area contributed by atoms with Crippen molar-refractivity contribution >= 4 is 18.7 Å². The molecule has 8 heteroatoms. The Bertz CT molecular complexity index is 1520.